The summed E-state index contributed by atoms with van der Waals surface area (Å²) >= 11 is 6.09. The van der Waals surface area contributed by atoms with Gasteiger partial charge in [-0.3, -0.25) is 14.7 Å². The molecule has 1 fully saturated rings. The molecule has 2 heterocycles. The van der Waals surface area contributed by atoms with E-state index in [-0.39, 0.29) is 42.4 Å². The number of hydrogen-bond donors (Lipinski definition) is 1. The second-order valence-corrected chi connectivity index (χ2v) is 17.3. The van der Waals surface area contributed by atoms with Gasteiger partial charge >= 0.3 is 6.09 Å². The molecule has 0 saturated carbocycles. The Morgan fingerprint density at radius 1 is 0.977 bits per heavy atom. The lowest BCUT2D eigenvalue weighted by Gasteiger charge is -2.45. The Balaban J connectivity index is 1.59. The van der Waals surface area contributed by atoms with Crippen LogP contribution >= 0.6 is 11.6 Å². The molecule has 2 amide bonds. The molecule has 0 aliphatic carbocycles. The number of nitrogens with zero attached hydrogens (tertiary/aromatic N) is 3. The van der Waals surface area contributed by atoms with Crippen LogP contribution in [0.1, 0.15) is 47.2 Å². The molecule has 1 saturated heterocycles. The van der Waals surface area contributed by atoms with E-state index in [1.165, 1.54) is 12.4 Å². The van der Waals surface area contributed by atoms with Crippen LogP contribution in [0.3, 0.4) is 0 Å². The molecule has 9 nitrogen and oxygen atoms in total. The first-order valence-corrected chi connectivity index (χ1v) is 16.7. The Morgan fingerprint density at radius 3 is 2.09 bits per heavy atom. The maximum absolute atomic E-state index is 13.5. The summed E-state index contributed by atoms with van der Waals surface area (Å²) in [7, 11) is -2.88. The van der Waals surface area contributed by atoms with E-state index in [1.807, 2.05) is 57.2 Å². The molecular formula is C32H41ClN4O5Si. The highest BCUT2D eigenvalue weighted by Crippen LogP contribution is 2.37. The summed E-state index contributed by atoms with van der Waals surface area (Å²) in [6, 6.07) is 20.1. The van der Waals surface area contributed by atoms with Crippen molar-refractivity contribution in [3.8, 4) is 0 Å². The number of aromatic nitrogens is 2. The summed E-state index contributed by atoms with van der Waals surface area (Å²) in [4.78, 5) is 36.4. The highest BCUT2D eigenvalue weighted by molar-refractivity contribution is 6.99. The first-order chi connectivity index (χ1) is 20.3. The van der Waals surface area contributed by atoms with Crippen molar-refractivity contribution in [2.24, 2.45) is 0 Å². The minimum Gasteiger partial charge on any atom is -0.444 e. The summed E-state index contributed by atoms with van der Waals surface area (Å²) in [6.07, 6.45) is 1.55. The van der Waals surface area contributed by atoms with Crippen LogP contribution in [-0.2, 0) is 25.2 Å². The van der Waals surface area contributed by atoms with Gasteiger partial charge in [0.15, 0.2) is 11.3 Å². The first-order valence-electron chi connectivity index (χ1n) is 14.4. The van der Waals surface area contributed by atoms with Crippen molar-refractivity contribution < 1.29 is 23.5 Å². The zero-order valence-corrected chi connectivity index (χ0v) is 27.4. The van der Waals surface area contributed by atoms with Gasteiger partial charge in [-0.2, -0.15) is 0 Å². The number of nitrogens with one attached hydrogen (secondary N) is 1. The molecule has 2 aromatic carbocycles. The Hall–Kier alpha value is -3.31. The van der Waals surface area contributed by atoms with Crippen molar-refractivity contribution in [3.63, 3.8) is 0 Å². The molecule has 2 unspecified atom stereocenters. The predicted molar refractivity (Wildman–Crippen MR) is 169 cm³/mol. The van der Waals surface area contributed by atoms with E-state index in [9.17, 15) is 9.59 Å². The van der Waals surface area contributed by atoms with Gasteiger partial charge in [0.2, 0.25) is 0 Å². The van der Waals surface area contributed by atoms with E-state index in [2.05, 4.69) is 60.3 Å². The molecule has 4 rings (SSSR count). The third-order valence-corrected chi connectivity index (χ3v) is 12.6. The lowest BCUT2D eigenvalue weighted by Crippen LogP contribution is -2.68. The zero-order chi connectivity index (χ0) is 31.3. The zero-order valence-electron chi connectivity index (χ0n) is 25.7. The molecule has 1 N–H and O–H groups in total. The number of benzene rings is 2. The van der Waals surface area contributed by atoms with Crippen LogP contribution in [0.2, 0.25) is 10.2 Å². The highest BCUT2D eigenvalue weighted by atomic mass is 35.5. The Morgan fingerprint density at radius 2 is 1.56 bits per heavy atom. The SMILES string of the molecule is CC(C)(C)OC(=O)N1CC(C(=O)NCc2nccnc2Cl)OCC1CO[Si](c1ccccc1)(c1ccccc1)C(C)(C)C. The van der Waals surface area contributed by atoms with Crippen molar-refractivity contribution in [2.75, 3.05) is 19.8 Å². The highest BCUT2D eigenvalue weighted by Gasteiger charge is 2.51. The largest absolute Gasteiger partial charge is 0.444 e. The van der Waals surface area contributed by atoms with E-state index in [0.29, 0.717) is 5.69 Å². The number of rotatable bonds is 8. The van der Waals surface area contributed by atoms with E-state index in [1.54, 1.807) is 4.90 Å². The fraction of sp³-hybridized carbons (Fsp3) is 0.438. The summed E-state index contributed by atoms with van der Waals surface area (Å²) < 4.78 is 18.9. The van der Waals surface area contributed by atoms with Gasteiger partial charge in [-0.15, -0.1) is 0 Å². The number of morpholine rings is 1. The second-order valence-electron chi connectivity index (χ2n) is 12.6. The Labute approximate surface area is 260 Å². The van der Waals surface area contributed by atoms with Crippen molar-refractivity contribution in [1.82, 2.24) is 20.2 Å². The molecule has 230 valence electrons. The minimum atomic E-state index is -2.88. The molecule has 2 atom stereocenters. The molecule has 1 aliphatic rings. The predicted octanol–water partition coefficient (Wildman–Crippen LogP) is 4.33. The third kappa shape index (κ3) is 7.80. The van der Waals surface area contributed by atoms with Crippen LogP contribution in [0.25, 0.3) is 0 Å². The van der Waals surface area contributed by atoms with Gasteiger partial charge in [0.1, 0.15) is 5.60 Å². The molecule has 0 bridgehead atoms. The minimum absolute atomic E-state index is 0.00369. The maximum Gasteiger partial charge on any atom is 0.410 e. The van der Waals surface area contributed by atoms with Gasteiger partial charge in [-0.25, -0.2) is 9.78 Å². The molecule has 43 heavy (non-hydrogen) atoms. The van der Waals surface area contributed by atoms with Crippen LogP contribution in [0.5, 0.6) is 0 Å². The van der Waals surface area contributed by atoms with Gasteiger partial charge in [0.05, 0.1) is 38.0 Å². The van der Waals surface area contributed by atoms with Gasteiger partial charge in [-0.1, -0.05) is 93.0 Å². The van der Waals surface area contributed by atoms with E-state index >= 15 is 0 Å². The van der Waals surface area contributed by atoms with Gasteiger partial charge < -0.3 is 19.2 Å². The Bertz CT molecular complexity index is 1340. The number of ether oxygens (including phenoxy) is 2. The average molecular weight is 625 g/mol. The third-order valence-electron chi connectivity index (χ3n) is 7.28. The number of halogens is 1. The smallest absolute Gasteiger partial charge is 0.410 e. The summed E-state index contributed by atoms with van der Waals surface area (Å²) in [6.45, 7) is 12.4. The number of carbonyl (C=O) groups is 2. The summed E-state index contributed by atoms with van der Waals surface area (Å²) in [5.74, 6) is -0.387. The Kier molecular flexibility index (Phi) is 10.3. The topological polar surface area (TPSA) is 103 Å². The fourth-order valence-electron chi connectivity index (χ4n) is 5.27. The number of amides is 2. The summed E-state index contributed by atoms with van der Waals surface area (Å²) in [5, 5.41) is 5.03. The number of hydrogen-bond acceptors (Lipinski definition) is 7. The van der Waals surface area contributed by atoms with Crippen molar-refractivity contribution in [2.45, 2.75) is 70.9 Å². The first kappa shape index (κ1) is 32.6. The van der Waals surface area contributed by atoms with E-state index < -0.39 is 32.2 Å². The van der Waals surface area contributed by atoms with Crippen LogP contribution in [0.15, 0.2) is 73.1 Å². The molecule has 1 aromatic heterocycles. The van der Waals surface area contributed by atoms with Gasteiger partial charge in [0, 0.05) is 12.4 Å². The summed E-state index contributed by atoms with van der Waals surface area (Å²) in [5.41, 5.74) is -0.284. The standard InChI is InChI=1S/C32H41ClN4O5Si/c1-31(2,3)42-30(39)37-20-27(29(38)36-19-26-28(33)35-18-17-34-26)40-21-23(37)22-41-43(32(4,5)6,24-13-9-7-10-14-24)25-15-11-8-12-16-25/h7-18,23,27H,19-22H2,1-6H3,(H,36,38). The monoisotopic (exact) mass is 624 g/mol. The molecular weight excluding hydrogens is 584 g/mol. The van der Waals surface area contributed by atoms with Crippen LogP contribution in [-0.4, -0.2) is 72.7 Å². The second kappa shape index (κ2) is 13.5. The normalized spacial score (nSPS) is 17.8. The van der Waals surface area contributed by atoms with Crippen LogP contribution in [0, 0.1) is 0 Å². The molecule has 0 spiro atoms. The fourth-order valence-corrected chi connectivity index (χ4v) is 10.0. The van der Waals surface area contributed by atoms with Gasteiger partial charge in [-0.05, 0) is 36.2 Å². The van der Waals surface area contributed by atoms with Crippen molar-refractivity contribution in [1.29, 1.82) is 0 Å². The molecule has 3 aromatic rings. The van der Waals surface area contributed by atoms with Gasteiger partial charge in [0.25, 0.3) is 14.2 Å². The average Bonchev–Trinajstić information content (AvgIpc) is 2.96. The molecule has 0 radical (unpaired) electrons. The maximum atomic E-state index is 13.5. The molecule has 11 heteroatoms. The lowest BCUT2D eigenvalue weighted by molar-refractivity contribution is -0.142. The van der Waals surface area contributed by atoms with E-state index in [4.69, 9.17) is 25.5 Å². The quantitative estimate of drug-likeness (QED) is 0.372. The number of carbonyl (C=O) groups excluding carboxylic acids is 2. The lowest BCUT2D eigenvalue weighted by atomic mass is 10.1. The van der Waals surface area contributed by atoms with E-state index in [0.717, 1.165) is 10.4 Å². The molecule has 1 aliphatic heterocycles. The van der Waals surface area contributed by atoms with Crippen LogP contribution in [0.4, 0.5) is 4.79 Å². The van der Waals surface area contributed by atoms with Crippen molar-refractivity contribution in [3.05, 3.63) is 83.9 Å². The van der Waals surface area contributed by atoms with Crippen molar-refractivity contribution >= 4 is 42.3 Å². The van der Waals surface area contributed by atoms with Crippen LogP contribution < -0.4 is 15.7 Å².